The van der Waals surface area contributed by atoms with Crippen LogP contribution in [-0.4, -0.2) is 5.97 Å². The number of aliphatic carboxylic acids is 1. The van der Waals surface area contributed by atoms with Crippen LogP contribution >= 0.6 is 22.9 Å². The van der Waals surface area contributed by atoms with Gasteiger partial charge >= 0.3 is 0 Å². The number of hydrogen-bond acceptors (Lipinski definition) is 3. The maximum absolute atomic E-state index is 10.9. The monoisotopic (exact) mass is 257 g/mol. The van der Waals surface area contributed by atoms with E-state index in [1.807, 2.05) is 12.1 Å². The first-order chi connectivity index (χ1) is 7.62. The van der Waals surface area contributed by atoms with E-state index in [4.69, 9.17) is 11.6 Å². The van der Waals surface area contributed by atoms with Crippen LogP contribution < -0.4 is 5.11 Å². The minimum absolute atomic E-state index is 0.129. The van der Waals surface area contributed by atoms with Gasteiger partial charge in [0.1, 0.15) is 0 Å². The summed E-state index contributed by atoms with van der Waals surface area (Å²) in [5, 5.41) is 10.9. The molecule has 0 bridgehead atoms. The predicted octanol–water partition coefficient (Wildman–Crippen LogP) is 2.74. The molecule has 1 saturated carbocycles. The highest BCUT2D eigenvalue weighted by atomic mass is 35.5. The van der Waals surface area contributed by atoms with E-state index in [0.717, 1.165) is 34.9 Å². The van der Waals surface area contributed by atoms with E-state index in [-0.39, 0.29) is 11.8 Å². The van der Waals surface area contributed by atoms with Crippen LogP contribution in [0, 0.1) is 0 Å². The molecule has 1 heterocycles. The van der Waals surface area contributed by atoms with Crippen molar-refractivity contribution in [3.8, 4) is 0 Å². The summed E-state index contributed by atoms with van der Waals surface area (Å²) in [6.07, 6.45) is 5.42. The Morgan fingerprint density at radius 3 is 2.56 bits per heavy atom. The van der Waals surface area contributed by atoms with Crippen molar-refractivity contribution in [2.45, 2.75) is 43.9 Å². The van der Waals surface area contributed by atoms with Crippen LogP contribution in [-0.2, 0) is 10.2 Å². The summed E-state index contributed by atoms with van der Waals surface area (Å²) in [5.41, 5.74) is -0.213. The van der Waals surface area contributed by atoms with Crippen LogP contribution in [0.25, 0.3) is 0 Å². The van der Waals surface area contributed by atoms with Crippen molar-refractivity contribution in [1.29, 1.82) is 0 Å². The minimum atomic E-state index is -0.952. The molecule has 1 fully saturated rings. The molecule has 0 spiro atoms. The Morgan fingerprint density at radius 2 is 2.06 bits per heavy atom. The summed E-state index contributed by atoms with van der Waals surface area (Å²) >= 11 is 7.44. The highest BCUT2D eigenvalue weighted by Crippen LogP contribution is 2.45. The van der Waals surface area contributed by atoms with E-state index in [2.05, 4.69) is 0 Å². The lowest BCUT2D eigenvalue weighted by Gasteiger charge is -2.37. The van der Waals surface area contributed by atoms with Crippen LogP contribution in [0.4, 0.5) is 0 Å². The van der Waals surface area contributed by atoms with Crippen LogP contribution in [0.3, 0.4) is 0 Å². The molecule has 0 radical (unpaired) electrons. The third kappa shape index (κ3) is 2.41. The van der Waals surface area contributed by atoms with Gasteiger partial charge < -0.3 is 9.90 Å². The molecule has 0 saturated heterocycles. The Morgan fingerprint density at radius 1 is 1.38 bits per heavy atom. The molecule has 1 aliphatic carbocycles. The summed E-state index contributed by atoms with van der Waals surface area (Å²) in [6, 6.07) is 3.83. The molecule has 1 aromatic rings. The predicted molar refractivity (Wildman–Crippen MR) is 63.7 cm³/mol. The summed E-state index contributed by atoms with van der Waals surface area (Å²) < 4.78 is 0.735. The second-order valence-electron chi connectivity index (χ2n) is 4.49. The van der Waals surface area contributed by atoms with Gasteiger partial charge in [-0.3, -0.25) is 0 Å². The van der Waals surface area contributed by atoms with E-state index >= 15 is 0 Å². The van der Waals surface area contributed by atoms with Gasteiger partial charge in [0.05, 0.1) is 4.34 Å². The van der Waals surface area contributed by atoms with Gasteiger partial charge in [-0.25, -0.2) is 0 Å². The number of carboxylic acids is 1. The number of thiophene rings is 1. The number of carbonyl (C=O) groups excluding carboxylic acids is 1. The van der Waals surface area contributed by atoms with Gasteiger partial charge in [-0.15, -0.1) is 11.3 Å². The van der Waals surface area contributed by atoms with Gasteiger partial charge in [0, 0.05) is 16.3 Å². The van der Waals surface area contributed by atoms with Crippen LogP contribution in [0.15, 0.2) is 12.1 Å². The minimum Gasteiger partial charge on any atom is -0.550 e. The van der Waals surface area contributed by atoms with E-state index < -0.39 is 5.97 Å². The summed E-state index contributed by atoms with van der Waals surface area (Å²) in [4.78, 5) is 12.0. The molecule has 0 atom stereocenters. The lowest BCUT2D eigenvalue weighted by atomic mass is 9.71. The maximum Gasteiger partial charge on any atom is 0.0931 e. The Bertz CT molecular complexity index is 380. The summed E-state index contributed by atoms with van der Waals surface area (Å²) in [7, 11) is 0. The summed E-state index contributed by atoms with van der Waals surface area (Å²) in [5.74, 6) is -0.952. The molecule has 0 aromatic carbocycles. The second kappa shape index (κ2) is 4.76. The fraction of sp³-hybridized carbons (Fsp3) is 0.583. The van der Waals surface area contributed by atoms with Crippen molar-refractivity contribution >= 4 is 28.9 Å². The molecular weight excluding hydrogens is 244 g/mol. The fourth-order valence-electron chi connectivity index (χ4n) is 2.61. The largest absolute Gasteiger partial charge is 0.550 e. The summed E-state index contributed by atoms with van der Waals surface area (Å²) in [6.45, 7) is 0. The standard InChI is InChI=1S/C12H15ClO2S/c13-10-5-4-9(16-10)12(8-11(14)15)6-2-1-3-7-12/h4-5H,1-3,6-8H2,(H,14,15)/p-1. The zero-order valence-electron chi connectivity index (χ0n) is 9.00. The molecule has 0 unspecified atom stereocenters. The van der Waals surface area contributed by atoms with Crippen molar-refractivity contribution in [3.63, 3.8) is 0 Å². The lowest BCUT2D eigenvalue weighted by molar-refractivity contribution is -0.307. The van der Waals surface area contributed by atoms with E-state index in [1.165, 1.54) is 17.8 Å². The number of halogens is 1. The number of rotatable bonds is 3. The first-order valence-electron chi connectivity index (χ1n) is 5.58. The van der Waals surface area contributed by atoms with Gasteiger partial charge in [0.15, 0.2) is 0 Å². The van der Waals surface area contributed by atoms with Crippen molar-refractivity contribution in [1.82, 2.24) is 0 Å². The molecule has 1 aliphatic rings. The smallest absolute Gasteiger partial charge is 0.0931 e. The highest BCUT2D eigenvalue weighted by molar-refractivity contribution is 7.16. The number of carboxylic acid groups (broad SMARTS) is 1. The molecule has 2 nitrogen and oxygen atoms in total. The zero-order chi connectivity index (χ0) is 11.6. The SMILES string of the molecule is O=C([O-])CC1(c2ccc(Cl)s2)CCCCC1. The molecule has 16 heavy (non-hydrogen) atoms. The van der Waals surface area contributed by atoms with Crippen molar-refractivity contribution in [2.24, 2.45) is 0 Å². The Balaban J connectivity index is 2.29. The van der Waals surface area contributed by atoms with Crippen LogP contribution in [0.5, 0.6) is 0 Å². The Labute approximate surface area is 104 Å². The van der Waals surface area contributed by atoms with Gasteiger partial charge in [0.25, 0.3) is 0 Å². The van der Waals surface area contributed by atoms with Crippen LogP contribution in [0.2, 0.25) is 4.34 Å². The average Bonchev–Trinajstić information content (AvgIpc) is 2.66. The molecular formula is C12H14ClO2S-. The maximum atomic E-state index is 10.9. The topological polar surface area (TPSA) is 40.1 Å². The van der Waals surface area contributed by atoms with Crippen molar-refractivity contribution in [2.75, 3.05) is 0 Å². The highest BCUT2D eigenvalue weighted by Gasteiger charge is 2.35. The molecule has 88 valence electrons. The van der Waals surface area contributed by atoms with Gasteiger partial charge in [-0.2, -0.15) is 0 Å². The average molecular weight is 258 g/mol. The fourth-order valence-corrected chi connectivity index (χ4v) is 3.90. The first-order valence-corrected chi connectivity index (χ1v) is 6.77. The lowest BCUT2D eigenvalue weighted by Crippen LogP contribution is -2.36. The molecule has 2 rings (SSSR count). The zero-order valence-corrected chi connectivity index (χ0v) is 10.6. The molecule has 0 aliphatic heterocycles. The van der Waals surface area contributed by atoms with E-state index in [0.29, 0.717) is 0 Å². The third-order valence-electron chi connectivity index (χ3n) is 3.39. The third-order valence-corrected chi connectivity index (χ3v) is 4.87. The molecule has 0 amide bonds. The molecule has 1 aromatic heterocycles. The van der Waals surface area contributed by atoms with Crippen molar-refractivity contribution in [3.05, 3.63) is 21.3 Å². The van der Waals surface area contributed by atoms with Gasteiger partial charge in [0.2, 0.25) is 0 Å². The van der Waals surface area contributed by atoms with E-state index in [9.17, 15) is 9.90 Å². The Kier molecular flexibility index (Phi) is 3.55. The van der Waals surface area contributed by atoms with Gasteiger partial charge in [-0.05, 0) is 31.4 Å². The molecule has 0 N–H and O–H groups in total. The quantitative estimate of drug-likeness (QED) is 0.835. The number of hydrogen-bond donors (Lipinski definition) is 0. The van der Waals surface area contributed by atoms with Crippen LogP contribution in [0.1, 0.15) is 43.4 Å². The van der Waals surface area contributed by atoms with Crippen molar-refractivity contribution < 1.29 is 9.90 Å². The molecule has 4 heteroatoms. The number of carbonyl (C=O) groups is 1. The Hall–Kier alpha value is -0.540. The van der Waals surface area contributed by atoms with Gasteiger partial charge in [-0.1, -0.05) is 30.9 Å². The normalized spacial score (nSPS) is 19.6. The second-order valence-corrected chi connectivity index (χ2v) is 6.21. The first kappa shape index (κ1) is 11.9. The van der Waals surface area contributed by atoms with E-state index in [1.54, 1.807) is 0 Å².